The number of hydrogen-bond donors (Lipinski definition) is 3. The predicted octanol–water partition coefficient (Wildman–Crippen LogP) is 3.96. The van der Waals surface area contributed by atoms with Crippen molar-refractivity contribution in [1.82, 2.24) is 20.3 Å². The molecule has 0 saturated carbocycles. The number of nitrogens with one attached hydrogen (secondary N) is 1. The third-order valence-corrected chi connectivity index (χ3v) is 5.32. The third-order valence-electron chi connectivity index (χ3n) is 5.32. The van der Waals surface area contributed by atoms with Crippen LogP contribution in [-0.2, 0) is 0 Å². The van der Waals surface area contributed by atoms with E-state index in [1.807, 2.05) is 48.5 Å². The topological polar surface area (TPSA) is 110 Å². The van der Waals surface area contributed by atoms with Crippen molar-refractivity contribution in [2.24, 2.45) is 11.6 Å². The highest BCUT2D eigenvalue weighted by molar-refractivity contribution is 6.00. The molecule has 0 atom stereocenters. The van der Waals surface area contributed by atoms with Crippen molar-refractivity contribution < 1.29 is 4.79 Å². The summed E-state index contributed by atoms with van der Waals surface area (Å²) < 4.78 is 0. The Balaban J connectivity index is 1.31. The van der Waals surface area contributed by atoms with E-state index in [9.17, 15) is 4.79 Å². The molecule has 0 saturated heterocycles. The van der Waals surface area contributed by atoms with Gasteiger partial charge in [0.1, 0.15) is 0 Å². The lowest BCUT2D eigenvalue weighted by molar-refractivity contribution is 0.0953. The fraction of sp³-hybridized carbons (Fsp3) is 0.269. The molecule has 2 heterocycles. The number of nitrogens with two attached hydrogens (primary N) is 2. The Kier molecular flexibility index (Phi) is 9.42. The van der Waals surface area contributed by atoms with Crippen LogP contribution >= 0.6 is 0 Å². The highest BCUT2D eigenvalue weighted by atomic mass is 16.1. The van der Waals surface area contributed by atoms with Gasteiger partial charge in [-0.3, -0.25) is 14.8 Å². The van der Waals surface area contributed by atoms with Crippen LogP contribution in [0.3, 0.4) is 0 Å². The van der Waals surface area contributed by atoms with Crippen LogP contribution < -0.4 is 16.9 Å². The number of benzene rings is 1. The first kappa shape index (κ1) is 23.9. The monoisotopic (exact) mass is 444 g/mol. The summed E-state index contributed by atoms with van der Waals surface area (Å²) >= 11 is 0. The summed E-state index contributed by atoms with van der Waals surface area (Å²) in [6, 6.07) is 15.2. The summed E-state index contributed by atoms with van der Waals surface area (Å²) in [5.41, 5.74) is 10.0. The Morgan fingerprint density at radius 1 is 0.909 bits per heavy atom. The third kappa shape index (κ3) is 7.73. The molecule has 3 rings (SSSR count). The normalized spacial score (nSPS) is 11.2. The lowest BCUT2D eigenvalue weighted by Gasteiger charge is -2.15. The van der Waals surface area contributed by atoms with Crippen LogP contribution in [0.15, 0.2) is 79.5 Å². The summed E-state index contributed by atoms with van der Waals surface area (Å²) in [6.45, 7) is 1.40. The van der Waals surface area contributed by atoms with Crippen molar-refractivity contribution >= 4 is 11.6 Å². The molecule has 1 aromatic carbocycles. The molecule has 7 heteroatoms. The largest absolute Gasteiger partial charge is 0.397 e. The van der Waals surface area contributed by atoms with E-state index in [4.69, 9.17) is 11.6 Å². The minimum absolute atomic E-state index is 0.0498. The molecule has 3 aromatic rings. The molecule has 0 aliphatic rings. The molecule has 1 amide bonds. The SMILES string of the molecule is N/C(=C\N(N)CCCCCCCNC(=O)c1ccccc1-c1cccnc1)c1cccnc1. The smallest absolute Gasteiger partial charge is 0.251 e. The van der Waals surface area contributed by atoms with Gasteiger partial charge in [0.15, 0.2) is 0 Å². The Bertz CT molecular complexity index is 1020. The molecule has 172 valence electrons. The fourth-order valence-electron chi connectivity index (χ4n) is 3.55. The van der Waals surface area contributed by atoms with Crippen molar-refractivity contribution in [3.8, 4) is 11.1 Å². The Hall–Kier alpha value is -3.71. The highest BCUT2D eigenvalue weighted by Crippen LogP contribution is 2.22. The number of unbranched alkanes of at least 4 members (excludes halogenated alkanes) is 4. The fourth-order valence-corrected chi connectivity index (χ4v) is 3.55. The number of pyridine rings is 2. The van der Waals surface area contributed by atoms with Crippen molar-refractivity contribution in [3.05, 3.63) is 90.6 Å². The zero-order chi connectivity index (χ0) is 23.3. The molecule has 7 nitrogen and oxygen atoms in total. The molecule has 0 bridgehead atoms. The van der Waals surface area contributed by atoms with Gasteiger partial charge in [-0.25, -0.2) is 5.84 Å². The second kappa shape index (κ2) is 13.0. The molecular formula is C26H32N6O. The zero-order valence-corrected chi connectivity index (χ0v) is 18.9. The Labute approximate surface area is 195 Å². The Morgan fingerprint density at radius 3 is 2.39 bits per heavy atom. The molecule has 0 radical (unpaired) electrons. The van der Waals surface area contributed by atoms with Gasteiger partial charge in [-0.1, -0.05) is 43.5 Å². The molecule has 0 spiro atoms. The standard InChI is InChI=1S/C26H32N6O/c27-25(22-11-9-15-30-19-22)20-32(28)17-7-3-1-2-6-16-31-26(33)24-13-5-4-12-23(24)21-10-8-14-29-18-21/h4-5,8-15,18-20H,1-3,6-7,16-17,27-28H2,(H,31,33)/b25-20-. The van der Waals surface area contributed by atoms with E-state index < -0.39 is 0 Å². The van der Waals surface area contributed by atoms with Gasteiger partial charge in [-0.2, -0.15) is 0 Å². The molecule has 33 heavy (non-hydrogen) atoms. The first-order valence-corrected chi connectivity index (χ1v) is 11.3. The second-order valence-electron chi connectivity index (χ2n) is 7.87. The zero-order valence-electron chi connectivity index (χ0n) is 18.9. The van der Waals surface area contributed by atoms with E-state index in [1.54, 1.807) is 36.0 Å². The Morgan fingerprint density at radius 2 is 1.64 bits per heavy atom. The molecule has 0 aliphatic carbocycles. The minimum atomic E-state index is -0.0498. The molecule has 2 aromatic heterocycles. The summed E-state index contributed by atoms with van der Waals surface area (Å²) in [7, 11) is 0. The first-order valence-electron chi connectivity index (χ1n) is 11.3. The van der Waals surface area contributed by atoms with Crippen LogP contribution in [-0.4, -0.2) is 34.0 Å². The van der Waals surface area contributed by atoms with E-state index >= 15 is 0 Å². The number of hydrazine groups is 1. The van der Waals surface area contributed by atoms with Crippen molar-refractivity contribution in [1.29, 1.82) is 0 Å². The summed E-state index contributed by atoms with van der Waals surface area (Å²) in [6.07, 6.45) is 13.8. The summed E-state index contributed by atoms with van der Waals surface area (Å²) in [4.78, 5) is 20.9. The maximum atomic E-state index is 12.7. The van der Waals surface area contributed by atoms with Crippen molar-refractivity contribution in [2.45, 2.75) is 32.1 Å². The molecular weight excluding hydrogens is 412 g/mol. The number of aromatic nitrogens is 2. The lowest BCUT2D eigenvalue weighted by Crippen LogP contribution is -2.27. The second-order valence-corrected chi connectivity index (χ2v) is 7.87. The van der Waals surface area contributed by atoms with E-state index in [0.717, 1.165) is 55.3 Å². The predicted molar refractivity (Wildman–Crippen MR) is 132 cm³/mol. The number of carbonyl (C=O) groups excluding carboxylic acids is 1. The molecule has 0 fully saturated rings. The lowest BCUT2D eigenvalue weighted by atomic mass is 10.0. The van der Waals surface area contributed by atoms with Gasteiger partial charge in [0, 0.05) is 60.8 Å². The number of rotatable bonds is 12. The van der Waals surface area contributed by atoms with Gasteiger partial charge in [0.25, 0.3) is 5.91 Å². The van der Waals surface area contributed by atoms with Gasteiger partial charge in [0.2, 0.25) is 0 Å². The highest BCUT2D eigenvalue weighted by Gasteiger charge is 2.11. The van der Waals surface area contributed by atoms with Gasteiger partial charge in [0.05, 0.1) is 5.70 Å². The number of amides is 1. The van der Waals surface area contributed by atoms with E-state index in [1.165, 1.54) is 0 Å². The molecule has 0 aliphatic heterocycles. The van der Waals surface area contributed by atoms with Gasteiger partial charge in [-0.05, 0) is 42.7 Å². The summed E-state index contributed by atoms with van der Waals surface area (Å²) in [5, 5.41) is 4.67. The number of nitrogens with zero attached hydrogens (tertiary/aromatic N) is 3. The van der Waals surface area contributed by atoms with Gasteiger partial charge >= 0.3 is 0 Å². The van der Waals surface area contributed by atoms with Crippen molar-refractivity contribution in [2.75, 3.05) is 13.1 Å². The van der Waals surface area contributed by atoms with E-state index in [-0.39, 0.29) is 5.91 Å². The quantitative estimate of drug-likeness (QED) is 0.222. The maximum absolute atomic E-state index is 12.7. The minimum Gasteiger partial charge on any atom is -0.397 e. The molecule has 5 N–H and O–H groups in total. The van der Waals surface area contributed by atoms with E-state index in [2.05, 4.69) is 15.3 Å². The van der Waals surface area contributed by atoms with Crippen LogP contribution in [0.5, 0.6) is 0 Å². The van der Waals surface area contributed by atoms with Crippen LogP contribution in [0, 0.1) is 0 Å². The van der Waals surface area contributed by atoms with E-state index in [0.29, 0.717) is 17.8 Å². The first-order chi connectivity index (χ1) is 16.1. The summed E-state index contributed by atoms with van der Waals surface area (Å²) in [5.74, 6) is 5.97. The van der Waals surface area contributed by atoms with Crippen LogP contribution in [0.25, 0.3) is 16.8 Å². The van der Waals surface area contributed by atoms with Crippen LogP contribution in [0.1, 0.15) is 48.0 Å². The molecule has 0 unspecified atom stereocenters. The number of hydrogen-bond acceptors (Lipinski definition) is 6. The van der Waals surface area contributed by atoms with Crippen molar-refractivity contribution in [3.63, 3.8) is 0 Å². The average Bonchev–Trinajstić information content (AvgIpc) is 2.86. The van der Waals surface area contributed by atoms with Gasteiger partial charge < -0.3 is 16.1 Å². The van der Waals surface area contributed by atoms with Gasteiger partial charge in [-0.15, -0.1) is 0 Å². The number of carbonyl (C=O) groups is 1. The van der Waals surface area contributed by atoms with Crippen LogP contribution in [0.4, 0.5) is 0 Å². The average molecular weight is 445 g/mol. The maximum Gasteiger partial charge on any atom is 0.251 e. The van der Waals surface area contributed by atoms with Crippen LogP contribution in [0.2, 0.25) is 0 Å².